The van der Waals surface area contributed by atoms with Gasteiger partial charge in [0.05, 0.1) is 0 Å². The van der Waals surface area contributed by atoms with Crippen LogP contribution in [0.5, 0.6) is 0 Å². The summed E-state index contributed by atoms with van der Waals surface area (Å²) >= 11 is 0. The Kier molecular flexibility index (Phi) is 5.95. The lowest BCUT2D eigenvalue weighted by atomic mass is 10.3. The van der Waals surface area contributed by atoms with Crippen molar-refractivity contribution in [2.75, 3.05) is 0 Å². The molecule has 0 unspecified atom stereocenters. The molecule has 2 heterocycles. The minimum atomic E-state index is -0.743. The van der Waals surface area contributed by atoms with Gasteiger partial charge in [0, 0.05) is 37.0 Å². The van der Waals surface area contributed by atoms with Crippen molar-refractivity contribution in [3.05, 3.63) is 65.3 Å². The summed E-state index contributed by atoms with van der Waals surface area (Å²) in [6.45, 7) is 6.01. The van der Waals surface area contributed by atoms with Gasteiger partial charge >= 0.3 is 11.4 Å². The summed E-state index contributed by atoms with van der Waals surface area (Å²) in [6.07, 6.45) is 4.78. The summed E-state index contributed by atoms with van der Waals surface area (Å²) in [5, 5.41) is 0. The zero-order chi connectivity index (χ0) is 18.6. The minimum absolute atomic E-state index is 0.0810. The van der Waals surface area contributed by atoms with Gasteiger partial charge < -0.3 is 8.98 Å². The van der Waals surface area contributed by atoms with E-state index in [2.05, 4.69) is 0 Å². The van der Waals surface area contributed by atoms with Crippen molar-refractivity contribution in [2.45, 2.75) is 59.7 Å². The molecule has 2 rings (SSSR count). The molecule has 0 saturated carbocycles. The van der Waals surface area contributed by atoms with E-state index < -0.39 is 11.3 Å². The van der Waals surface area contributed by atoms with Gasteiger partial charge in [-0.15, -0.1) is 0 Å². The average Bonchev–Trinajstić information content (AvgIpc) is 2.59. The summed E-state index contributed by atoms with van der Waals surface area (Å²) in [5.41, 5.74) is -0.320. The first kappa shape index (κ1) is 18.7. The maximum Gasteiger partial charge on any atom is 0.421 e. The van der Waals surface area contributed by atoms with Crippen molar-refractivity contribution in [1.82, 2.24) is 13.7 Å². The Hall–Kier alpha value is -2.64. The van der Waals surface area contributed by atoms with Crippen LogP contribution in [0.25, 0.3) is 0 Å². The Bertz CT molecular complexity index is 977. The van der Waals surface area contributed by atoms with Crippen LogP contribution in [-0.4, -0.2) is 13.7 Å². The number of rotatable bonds is 7. The van der Waals surface area contributed by atoms with E-state index in [9.17, 15) is 19.2 Å². The second-order valence-corrected chi connectivity index (χ2v) is 6.09. The maximum atomic E-state index is 12.5. The number of hydrogen-bond acceptors (Lipinski definition) is 5. The molecule has 0 radical (unpaired) electrons. The molecule has 0 bridgehead atoms. The van der Waals surface area contributed by atoms with Gasteiger partial charge in [-0.25, -0.2) is 14.2 Å². The fraction of sp³-hybridized carbons (Fsp3) is 0.529. The van der Waals surface area contributed by atoms with Crippen LogP contribution in [0.15, 0.2) is 36.1 Å². The monoisotopic (exact) mass is 349 g/mol. The third kappa shape index (κ3) is 4.07. The van der Waals surface area contributed by atoms with Gasteiger partial charge in [0.2, 0.25) is 0 Å². The van der Waals surface area contributed by atoms with Crippen LogP contribution >= 0.6 is 0 Å². The fourth-order valence-electron chi connectivity index (χ4n) is 2.61. The first-order valence-corrected chi connectivity index (χ1v) is 8.37. The first-order valence-electron chi connectivity index (χ1n) is 8.37. The molecule has 8 heteroatoms. The summed E-state index contributed by atoms with van der Waals surface area (Å²) in [5.74, 6) is -0.743. The second-order valence-electron chi connectivity index (χ2n) is 6.09. The van der Waals surface area contributed by atoms with Crippen LogP contribution in [0.1, 0.15) is 37.3 Å². The normalized spacial score (nSPS) is 11.0. The van der Waals surface area contributed by atoms with Crippen LogP contribution in [0.2, 0.25) is 0 Å². The predicted molar refractivity (Wildman–Crippen MR) is 93.2 cm³/mol. The van der Waals surface area contributed by atoms with Gasteiger partial charge in [-0.1, -0.05) is 13.3 Å². The van der Waals surface area contributed by atoms with E-state index >= 15 is 0 Å². The zero-order valence-electron chi connectivity index (χ0n) is 14.8. The fourth-order valence-corrected chi connectivity index (χ4v) is 2.61. The molecule has 136 valence electrons. The molecule has 0 aromatic carbocycles. The van der Waals surface area contributed by atoms with Gasteiger partial charge in [0.1, 0.15) is 6.26 Å². The van der Waals surface area contributed by atoms with Gasteiger partial charge in [-0.2, -0.15) is 0 Å². The van der Waals surface area contributed by atoms with Crippen molar-refractivity contribution in [1.29, 1.82) is 0 Å². The zero-order valence-corrected chi connectivity index (χ0v) is 14.8. The topological polar surface area (TPSA) is 96.2 Å². The van der Waals surface area contributed by atoms with Crippen LogP contribution in [-0.2, 0) is 19.6 Å². The molecule has 0 aliphatic carbocycles. The first-order chi connectivity index (χ1) is 11.9. The smallest absolute Gasteiger partial charge is 0.417 e. The van der Waals surface area contributed by atoms with Gasteiger partial charge in [0.15, 0.2) is 0 Å². The van der Waals surface area contributed by atoms with E-state index in [1.165, 1.54) is 4.57 Å². The molecule has 0 atom stereocenters. The average molecular weight is 349 g/mol. The van der Waals surface area contributed by atoms with Crippen molar-refractivity contribution in [3.8, 4) is 0 Å². The van der Waals surface area contributed by atoms with E-state index in [1.807, 2.05) is 6.92 Å². The molecule has 0 amide bonds. The highest BCUT2D eigenvalue weighted by molar-refractivity contribution is 5.03. The molecule has 8 nitrogen and oxygen atoms in total. The maximum absolute atomic E-state index is 12.5. The Morgan fingerprint density at radius 1 is 0.880 bits per heavy atom. The third-order valence-electron chi connectivity index (χ3n) is 4.06. The molecule has 0 fully saturated rings. The number of unbranched alkanes of at least 4 members (excludes halogenated alkanes) is 1. The number of aryl methyl sites for hydroxylation is 3. The lowest BCUT2D eigenvalue weighted by molar-refractivity contribution is 0.398. The van der Waals surface area contributed by atoms with E-state index in [0.717, 1.165) is 28.2 Å². The van der Waals surface area contributed by atoms with E-state index in [0.29, 0.717) is 24.1 Å². The molecule has 0 N–H and O–H groups in total. The lowest BCUT2D eigenvalue weighted by Crippen LogP contribution is -2.41. The van der Waals surface area contributed by atoms with Crippen molar-refractivity contribution < 1.29 is 4.42 Å². The number of hydrogen-bond donors (Lipinski definition) is 0. The molecule has 2 aromatic heterocycles. The molecular formula is C17H23N3O5. The highest BCUT2D eigenvalue weighted by Crippen LogP contribution is 1.95. The van der Waals surface area contributed by atoms with E-state index in [1.54, 1.807) is 20.0 Å². The van der Waals surface area contributed by atoms with Crippen molar-refractivity contribution in [3.63, 3.8) is 0 Å². The second kappa shape index (κ2) is 7.96. The molecule has 0 aliphatic heterocycles. The summed E-state index contributed by atoms with van der Waals surface area (Å²) in [4.78, 5) is 48.3. The van der Waals surface area contributed by atoms with E-state index in [4.69, 9.17) is 4.42 Å². The number of nitrogens with zero attached hydrogens (tertiary/aromatic N) is 3. The molecular weight excluding hydrogens is 326 g/mol. The van der Waals surface area contributed by atoms with Crippen LogP contribution in [0.3, 0.4) is 0 Å². The SMILES string of the molecule is CCCCn1cc(C)c(=O)n(CCCn2c(=O)occ(C)c2=O)c1=O. The van der Waals surface area contributed by atoms with Crippen LogP contribution < -0.4 is 22.6 Å². The predicted octanol–water partition coefficient (Wildman–Crippen LogP) is 0.632. The summed E-state index contributed by atoms with van der Waals surface area (Å²) < 4.78 is 8.45. The largest absolute Gasteiger partial charge is 0.421 e. The number of aromatic nitrogens is 3. The Balaban J connectivity index is 2.24. The van der Waals surface area contributed by atoms with E-state index in [-0.39, 0.29) is 24.3 Å². The Morgan fingerprint density at radius 2 is 1.52 bits per heavy atom. The van der Waals surface area contributed by atoms with Gasteiger partial charge in [-0.05, 0) is 26.7 Å². The minimum Gasteiger partial charge on any atom is -0.417 e. The van der Waals surface area contributed by atoms with Gasteiger partial charge in [0.25, 0.3) is 11.1 Å². The quantitative estimate of drug-likeness (QED) is 0.730. The summed E-state index contributed by atoms with van der Waals surface area (Å²) in [6, 6.07) is 0. The third-order valence-corrected chi connectivity index (χ3v) is 4.06. The molecule has 25 heavy (non-hydrogen) atoms. The van der Waals surface area contributed by atoms with Crippen LogP contribution in [0, 0.1) is 13.8 Å². The Labute approximate surface area is 144 Å². The van der Waals surface area contributed by atoms with Crippen LogP contribution in [0.4, 0.5) is 0 Å². The highest BCUT2D eigenvalue weighted by atomic mass is 16.4. The van der Waals surface area contributed by atoms with Crippen molar-refractivity contribution in [2.24, 2.45) is 0 Å². The molecule has 0 aliphatic rings. The lowest BCUT2D eigenvalue weighted by Gasteiger charge is -2.11. The highest BCUT2D eigenvalue weighted by Gasteiger charge is 2.10. The molecule has 0 saturated heterocycles. The van der Waals surface area contributed by atoms with Crippen molar-refractivity contribution >= 4 is 0 Å². The molecule has 2 aromatic rings. The Morgan fingerprint density at radius 3 is 2.20 bits per heavy atom. The standard InChI is InChI=1S/C17H23N3O5/c1-4-5-7-18-10-12(2)14(21)19(16(18)23)8-6-9-20-15(22)13(3)11-25-17(20)24/h10-11H,4-9H2,1-3H3. The van der Waals surface area contributed by atoms with Gasteiger partial charge in [-0.3, -0.25) is 14.2 Å². The molecule has 0 spiro atoms. The summed E-state index contributed by atoms with van der Waals surface area (Å²) in [7, 11) is 0.